The quantitative estimate of drug-likeness (QED) is 0.201. The minimum absolute atomic E-state index is 0.00192. The number of aromatic amines is 1. The molecule has 0 amide bonds. The standard InChI is InChI=1S/C24H31N6O6P/c1-14(2)35-23(32)16(4)29-37(33,36-18-8-6-5-7-9-18)34-12-17-10-11-19(15(17)3)30-13-26-20-21(30)27-24(25)28-22(20)31/h5-9,13-14,16-17,19H,3,10-12H2,1-2,4H3,(H,29,33)(H3,25,27,28,31)/t16-,17?,19?,37?/m0/s1. The van der Waals surface area contributed by atoms with Crippen LogP contribution in [0.25, 0.3) is 11.2 Å². The average molecular weight is 531 g/mol. The number of nitrogens with two attached hydrogens (primary N) is 1. The number of nitrogens with one attached hydrogen (secondary N) is 2. The molecular formula is C24H31N6O6P. The number of ether oxygens (including phenoxy) is 1. The summed E-state index contributed by atoms with van der Waals surface area (Å²) in [6, 6.07) is 7.42. The van der Waals surface area contributed by atoms with Gasteiger partial charge >= 0.3 is 13.7 Å². The van der Waals surface area contributed by atoms with E-state index >= 15 is 0 Å². The Morgan fingerprint density at radius 1 is 1.30 bits per heavy atom. The fraction of sp³-hybridized carbons (Fsp3) is 0.417. The van der Waals surface area contributed by atoms with Gasteiger partial charge in [0.05, 0.1) is 25.1 Å². The second-order valence-corrected chi connectivity index (χ2v) is 10.9. The molecule has 3 aromatic rings. The topological polar surface area (TPSA) is 163 Å². The lowest BCUT2D eigenvalue weighted by Crippen LogP contribution is -2.36. The van der Waals surface area contributed by atoms with Gasteiger partial charge in [-0.2, -0.15) is 10.1 Å². The van der Waals surface area contributed by atoms with Gasteiger partial charge in [0.15, 0.2) is 11.2 Å². The highest BCUT2D eigenvalue weighted by atomic mass is 31.2. The second kappa shape index (κ2) is 10.9. The summed E-state index contributed by atoms with van der Waals surface area (Å²) in [5.74, 6) is -0.425. The van der Waals surface area contributed by atoms with E-state index in [1.165, 1.54) is 6.92 Å². The molecule has 4 rings (SSSR count). The second-order valence-electron chi connectivity index (χ2n) is 9.17. The minimum Gasteiger partial charge on any atom is -0.462 e. The van der Waals surface area contributed by atoms with Crippen LogP contribution in [-0.2, 0) is 18.6 Å². The van der Waals surface area contributed by atoms with Crippen LogP contribution in [-0.4, -0.2) is 44.2 Å². The zero-order chi connectivity index (χ0) is 26.7. The van der Waals surface area contributed by atoms with Gasteiger partial charge in [0.1, 0.15) is 11.8 Å². The van der Waals surface area contributed by atoms with Crippen LogP contribution in [0.3, 0.4) is 0 Å². The van der Waals surface area contributed by atoms with Crippen molar-refractivity contribution in [2.45, 2.75) is 51.8 Å². The van der Waals surface area contributed by atoms with Crippen LogP contribution < -0.4 is 20.9 Å². The number of nitrogen functional groups attached to an aromatic ring is 1. The third-order valence-electron chi connectivity index (χ3n) is 6.00. The molecule has 1 aromatic carbocycles. The van der Waals surface area contributed by atoms with Gasteiger partial charge in [-0.3, -0.25) is 19.1 Å². The molecule has 1 aliphatic carbocycles. The third-order valence-corrected chi connectivity index (χ3v) is 7.64. The maximum Gasteiger partial charge on any atom is 0.459 e. The molecule has 198 valence electrons. The number of nitrogens with zero attached hydrogens (tertiary/aromatic N) is 3. The van der Waals surface area contributed by atoms with Crippen LogP contribution in [0.5, 0.6) is 5.75 Å². The predicted molar refractivity (Wildman–Crippen MR) is 138 cm³/mol. The molecule has 0 aliphatic heterocycles. The van der Waals surface area contributed by atoms with Crippen LogP contribution >= 0.6 is 7.75 Å². The fourth-order valence-electron chi connectivity index (χ4n) is 4.20. The summed E-state index contributed by atoms with van der Waals surface area (Å²) in [4.78, 5) is 35.3. The van der Waals surface area contributed by atoms with E-state index in [1.54, 1.807) is 55.1 Å². The lowest BCUT2D eigenvalue weighted by Gasteiger charge is -2.25. The molecule has 4 N–H and O–H groups in total. The Bertz CT molecular complexity index is 1390. The number of rotatable bonds is 10. The van der Waals surface area contributed by atoms with E-state index in [4.69, 9.17) is 19.5 Å². The van der Waals surface area contributed by atoms with Crippen molar-refractivity contribution in [2.24, 2.45) is 5.92 Å². The van der Waals surface area contributed by atoms with E-state index in [-0.39, 0.29) is 36.1 Å². The van der Waals surface area contributed by atoms with Gasteiger partial charge in [0.25, 0.3) is 5.56 Å². The van der Waals surface area contributed by atoms with E-state index in [0.29, 0.717) is 24.2 Å². The zero-order valence-corrected chi connectivity index (χ0v) is 21.8. The molecule has 0 spiro atoms. The zero-order valence-electron chi connectivity index (χ0n) is 20.9. The molecular weight excluding hydrogens is 499 g/mol. The van der Waals surface area contributed by atoms with Crippen LogP contribution in [0.2, 0.25) is 0 Å². The molecule has 0 saturated heterocycles. The van der Waals surface area contributed by atoms with Crippen molar-refractivity contribution >= 4 is 30.8 Å². The molecule has 0 radical (unpaired) electrons. The van der Waals surface area contributed by atoms with Crippen molar-refractivity contribution in [2.75, 3.05) is 12.3 Å². The normalized spacial score (nSPS) is 20.2. The van der Waals surface area contributed by atoms with Gasteiger partial charge in [-0.15, -0.1) is 0 Å². The van der Waals surface area contributed by atoms with Crippen molar-refractivity contribution in [3.8, 4) is 5.75 Å². The average Bonchev–Trinajstić information content (AvgIpc) is 3.41. The van der Waals surface area contributed by atoms with E-state index in [9.17, 15) is 14.2 Å². The Morgan fingerprint density at radius 3 is 2.73 bits per heavy atom. The highest BCUT2D eigenvalue weighted by Gasteiger charge is 2.37. The number of H-pyrrole nitrogens is 1. The summed E-state index contributed by atoms with van der Waals surface area (Å²) < 4.78 is 32.3. The van der Waals surface area contributed by atoms with Gasteiger partial charge in [-0.1, -0.05) is 24.8 Å². The monoisotopic (exact) mass is 530 g/mol. The van der Waals surface area contributed by atoms with E-state index in [1.807, 2.05) is 0 Å². The number of benzene rings is 1. The number of carbonyl (C=O) groups is 1. The molecule has 1 aliphatic rings. The third kappa shape index (κ3) is 6.10. The summed E-state index contributed by atoms with van der Waals surface area (Å²) in [6.07, 6.45) is 2.57. The Morgan fingerprint density at radius 2 is 2.03 bits per heavy atom. The van der Waals surface area contributed by atoms with Gasteiger partial charge in [-0.05, 0) is 51.3 Å². The van der Waals surface area contributed by atoms with Crippen molar-refractivity contribution in [3.05, 3.63) is 59.2 Å². The first-order valence-electron chi connectivity index (χ1n) is 11.9. The molecule has 1 fully saturated rings. The largest absolute Gasteiger partial charge is 0.462 e. The first kappa shape index (κ1) is 26.6. The molecule has 3 unspecified atom stereocenters. The van der Waals surface area contributed by atoms with Gasteiger partial charge in [0, 0.05) is 5.92 Å². The highest BCUT2D eigenvalue weighted by molar-refractivity contribution is 7.52. The number of fused-ring (bicyclic) bond motifs is 1. The summed E-state index contributed by atoms with van der Waals surface area (Å²) in [7, 11) is -3.99. The number of hydrogen-bond donors (Lipinski definition) is 3. The number of carbonyl (C=O) groups excluding carboxylic acids is 1. The molecule has 12 nitrogen and oxygen atoms in total. The number of hydrogen-bond acceptors (Lipinski definition) is 9. The van der Waals surface area contributed by atoms with Crippen molar-refractivity contribution < 1.29 is 23.1 Å². The Hall–Kier alpha value is -3.47. The summed E-state index contributed by atoms with van der Waals surface area (Å²) in [5, 5.41) is 2.69. The Labute approximate surface area is 213 Å². The first-order chi connectivity index (χ1) is 17.6. The van der Waals surface area contributed by atoms with Gasteiger partial charge < -0.3 is 19.6 Å². The maximum atomic E-state index is 13.7. The van der Waals surface area contributed by atoms with Crippen molar-refractivity contribution in [1.82, 2.24) is 24.6 Å². The van der Waals surface area contributed by atoms with E-state index in [2.05, 4.69) is 26.6 Å². The summed E-state index contributed by atoms with van der Waals surface area (Å²) in [6.45, 7) is 9.25. The SMILES string of the molecule is C=C1C(COP(=O)(N[C@@H](C)C(=O)OC(C)C)Oc2ccccc2)CCC1n1cnc2c(=O)[nH]c(N)nc21. The van der Waals surface area contributed by atoms with Crippen molar-refractivity contribution in [1.29, 1.82) is 0 Å². The smallest absolute Gasteiger partial charge is 0.459 e. The molecule has 0 bridgehead atoms. The van der Waals surface area contributed by atoms with Crippen LogP contribution in [0.1, 0.15) is 39.7 Å². The number of anilines is 1. The molecule has 2 heterocycles. The number of para-hydroxylation sites is 1. The van der Waals surface area contributed by atoms with Gasteiger partial charge in [-0.25, -0.2) is 9.55 Å². The molecule has 1 saturated carbocycles. The van der Waals surface area contributed by atoms with Crippen LogP contribution in [0.15, 0.2) is 53.6 Å². The van der Waals surface area contributed by atoms with Crippen LogP contribution in [0.4, 0.5) is 5.95 Å². The van der Waals surface area contributed by atoms with Crippen LogP contribution in [0, 0.1) is 5.92 Å². The molecule has 4 atom stereocenters. The Balaban J connectivity index is 1.49. The minimum atomic E-state index is -3.99. The predicted octanol–water partition coefficient (Wildman–Crippen LogP) is 3.34. The highest BCUT2D eigenvalue weighted by Crippen LogP contribution is 2.48. The summed E-state index contributed by atoms with van der Waals surface area (Å²) >= 11 is 0. The fourth-order valence-corrected chi connectivity index (χ4v) is 5.74. The van der Waals surface area contributed by atoms with Gasteiger partial charge in [0.2, 0.25) is 5.95 Å². The lowest BCUT2D eigenvalue weighted by atomic mass is 10.0. The number of aromatic nitrogens is 4. The maximum absolute atomic E-state index is 13.7. The lowest BCUT2D eigenvalue weighted by molar-refractivity contribution is -0.149. The number of imidazole rings is 1. The van der Waals surface area contributed by atoms with E-state index in [0.717, 1.165) is 5.57 Å². The first-order valence-corrected chi connectivity index (χ1v) is 13.5. The van der Waals surface area contributed by atoms with Crippen molar-refractivity contribution in [3.63, 3.8) is 0 Å². The molecule has 37 heavy (non-hydrogen) atoms. The van der Waals surface area contributed by atoms with E-state index < -0.39 is 25.3 Å². The Kier molecular flexibility index (Phi) is 7.82. The molecule has 13 heteroatoms. The molecule has 2 aromatic heterocycles. The summed E-state index contributed by atoms with van der Waals surface area (Å²) in [5.41, 5.74) is 6.67. The number of esters is 1.